The number of carbonyl (C=O) groups excluding carboxylic acids is 2. The molecule has 1 aromatic heterocycles. The van der Waals surface area contributed by atoms with Crippen LogP contribution in [-0.4, -0.2) is 42.0 Å². The second kappa shape index (κ2) is 7.75. The molecular formula is C20H20FNO5. The minimum absolute atomic E-state index is 0.0709. The molecule has 27 heavy (non-hydrogen) atoms. The second-order valence-corrected chi connectivity index (χ2v) is 6.29. The van der Waals surface area contributed by atoms with Crippen LogP contribution in [0.5, 0.6) is 0 Å². The number of aliphatic hydroxyl groups is 1. The van der Waals surface area contributed by atoms with Crippen molar-refractivity contribution in [3.05, 3.63) is 64.9 Å². The molecule has 2 heterocycles. The Hall–Kier alpha value is -2.93. The number of hydrogen-bond acceptors (Lipinski definition) is 5. The van der Waals surface area contributed by atoms with E-state index in [1.165, 1.54) is 29.2 Å². The molecule has 7 heteroatoms. The summed E-state index contributed by atoms with van der Waals surface area (Å²) in [7, 11) is 1.55. The zero-order valence-electron chi connectivity index (χ0n) is 15.1. The second-order valence-electron chi connectivity index (χ2n) is 6.29. The van der Waals surface area contributed by atoms with Crippen LogP contribution in [0, 0.1) is 12.7 Å². The first-order valence-electron chi connectivity index (χ1n) is 8.53. The molecule has 0 radical (unpaired) electrons. The molecule has 0 bridgehead atoms. The fourth-order valence-electron chi connectivity index (χ4n) is 3.15. The number of hydrogen-bond donors (Lipinski definition) is 1. The lowest BCUT2D eigenvalue weighted by Crippen LogP contribution is -2.31. The Morgan fingerprint density at radius 3 is 2.52 bits per heavy atom. The number of aliphatic hydroxyl groups excluding tert-OH is 1. The van der Waals surface area contributed by atoms with Gasteiger partial charge in [-0.3, -0.25) is 9.59 Å². The largest absolute Gasteiger partial charge is 0.507 e. The van der Waals surface area contributed by atoms with E-state index >= 15 is 0 Å². The first kappa shape index (κ1) is 18.8. The predicted molar refractivity (Wildman–Crippen MR) is 95.3 cm³/mol. The van der Waals surface area contributed by atoms with Crippen LogP contribution in [0.4, 0.5) is 4.39 Å². The van der Waals surface area contributed by atoms with E-state index in [9.17, 15) is 19.1 Å². The number of halogens is 1. The molecule has 0 spiro atoms. The van der Waals surface area contributed by atoms with E-state index in [1.807, 2.05) is 0 Å². The number of rotatable bonds is 6. The van der Waals surface area contributed by atoms with Gasteiger partial charge in [0, 0.05) is 25.8 Å². The summed E-state index contributed by atoms with van der Waals surface area (Å²) in [5, 5.41) is 10.7. The van der Waals surface area contributed by atoms with E-state index in [0.29, 0.717) is 24.5 Å². The van der Waals surface area contributed by atoms with Gasteiger partial charge >= 0.3 is 0 Å². The molecule has 1 saturated heterocycles. The highest BCUT2D eigenvalue weighted by atomic mass is 19.1. The molecule has 2 aromatic rings. The molecule has 1 aliphatic rings. The molecule has 6 nitrogen and oxygen atoms in total. The fourth-order valence-corrected chi connectivity index (χ4v) is 3.15. The van der Waals surface area contributed by atoms with Crippen molar-refractivity contribution in [1.29, 1.82) is 0 Å². The number of Topliss-reactive ketones (excluding diaryl/α,β-unsaturated/α-hetero) is 1. The maximum absolute atomic E-state index is 13.2. The third-order valence-corrected chi connectivity index (χ3v) is 4.44. The van der Waals surface area contributed by atoms with Gasteiger partial charge in [0.15, 0.2) is 0 Å². The Morgan fingerprint density at radius 1 is 1.22 bits per heavy atom. The third kappa shape index (κ3) is 3.64. The molecule has 1 atom stereocenters. The number of amides is 1. The van der Waals surface area contributed by atoms with Crippen LogP contribution >= 0.6 is 0 Å². The van der Waals surface area contributed by atoms with Gasteiger partial charge < -0.3 is 19.2 Å². The first-order chi connectivity index (χ1) is 12.9. The van der Waals surface area contributed by atoms with Gasteiger partial charge in [0.05, 0.1) is 5.57 Å². The van der Waals surface area contributed by atoms with E-state index in [2.05, 4.69) is 0 Å². The van der Waals surface area contributed by atoms with Crippen LogP contribution in [0.15, 0.2) is 46.4 Å². The standard InChI is InChI=1S/C20H20FNO5/c1-12-4-9-15(27-12)17-16(18(23)13-5-7-14(21)8-6-13)19(24)20(25)22(17)10-3-11-26-2/h4-9,17,23H,3,10-11H2,1-2H3/b18-16-. The van der Waals surface area contributed by atoms with E-state index in [0.717, 1.165) is 0 Å². The minimum atomic E-state index is -0.847. The third-order valence-electron chi connectivity index (χ3n) is 4.44. The molecule has 1 N–H and O–H groups in total. The Morgan fingerprint density at radius 2 is 1.93 bits per heavy atom. The van der Waals surface area contributed by atoms with Crippen molar-refractivity contribution < 1.29 is 28.2 Å². The zero-order chi connectivity index (χ0) is 19.6. The highest BCUT2D eigenvalue weighted by molar-refractivity contribution is 6.46. The lowest BCUT2D eigenvalue weighted by Gasteiger charge is -2.23. The van der Waals surface area contributed by atoms with Gasteiger partial charge in [-0.25, -0.2) is 4.39 Å². The normalized spacial score (nSPS) is 19.1. The van der Waals surface area contributed by atoms with Gasteiger partial charge in [-0.05, 0) is 49.7 Å². The average molecular weight is 373 g/mol. The molecule has 142 valence electrons. The summed E-state index contributed by atoms with van der Waals surface area (Å²) in [5.74, 6) is -1.34. The molecule has 3 rings (SSSR count). The van der Waals surface area contributed by atoms with Gasteiger partial charge in [-0.2, -0.15) is 0 Å². The van der Waals surface area contributed by atoms with Gasteiger partial charge in [-0.15, -0.1) is 0 Å². The summed E-state index contributed by atoms with van der Waals surface area (Å²) >= 11 is 0. The predicted octanol–water partition coefficient (Wildman–Crippen LogP) is 3.19. The van der Waals surface area contributed by atoms with E-state index in [-0.39, 0.29) is 23.4 Å². The van der Waals surface area contributed by atoms with E-state index in [4.69, 9.17) is 9.15 Å². The van der Waals surface area contributed by atoms with Gasteiger partial charge in [0.2, 0.25) is 0 Å². The number of ether oxygens (including phenoxy) is 1. The van der Waals surface area contributed by atoms with Crippen molar-refractivity contribution in [2.24, 2.45) is 0 Å². The number of aryl methyl sites for hydroxylation is 1. The summed E-state index contributed by atoms with van der Waals surface area (Å²) < 4.78 is 23.9. The first-order valence-corrected chi connectivity index (χ1v) is 8.53. The monoisotopic (exact) mass is 373 g/mol. The van der Waals surface area contributed by atoms with Crippen LogP contribution in [0.3, 0.4) is 0 Å². The van der Waals surface area contributed by atoms with Crippen LogP contribution in [0.2, 0.25) is 0 Å². The van der Waals surface area contributed by atoms with Crippen LogP contribution in [-0.2, 0) is 14.3 Å². The van der Waals surface area contributed by atoms with E-state index < -0.39 is 23.5 Å². The lowest BCUT2D eigenvalue weighted by atomic mass is 9.99. The molecule has 1 aliphatic heterocycles. The SMILES string of the molecule is COCCCN1C(=O)C(=O)/C(=C(\O)c2ccc(F)cc2)C1c1ccc(C)o1. The Balaban J connectivity index is 2.09. The Bertz CT molecular complexity index is 884. The van der Waals surface area contributed by atoms with Gasteiger partial charge in [-0.1, -0.05) is 0 Å². The van der Waals surface area contributed by atoms with Crippen molar-refractivity contribution >= 4 is 17.4 Å². The Kier molecular flexibility index (Phi) is 5.41. The number of ketones is 1. The number of carbonyl (C=O) groups is 2. The van der Waals surface area contributed by atoms with Crippen LogP contribution in [0.1, 0.15) is 29.5 Å². The van der Waals surface area contributed by atoms with Crippen molar-refractivity contribution in [3.8, 4) is 0 Å². The quantitative estimate of drug-likeness (QED) is 0.364. The topological polar surface area (TPSA) is 80.0 Å². The van der Waals surface area contributed by atoms with Crippen molar-refractivity contribution in [1.82, 2.24) is 4.90 Å². The van der Waals surface area contributed by atoms with Crippen LogP contribution < -0.4 is 0 Å². The molecule has 1 unspecified atom stereocenters. The molecular weight excluding hydrogens is 353 g/mol. The number of benzene rings is 1. The maximum atomic E-state index is 13.2. The number of nitrogens with zero attached hydrogens (tertiary/aromatic N) is 1. The maximum Gasteiger partial charge on any atom is 0.295 e. The molecule has 1 amide bonds. The zero-order valence-corrected chi connectivity index (χ0v) is 15.1. The minimum Gasteiger partial charge on any atom is -0.507 e. The smallest absolute Gasteiger partial charge is 0.295 e. The van der Waals surface area contributed by atoms with Crippen LogP contribution in [0.25, 0.3) is 5.76 Å². The number of methoxy groups -OCH3 is 1. The van der Waals surface area contributed by atoms with Gasteiger partial charge in [0.25, 0.3) is 11.7 Å². The number of likely N-dealkylation sites (tertiary alicyclic amines) is 1. The number of furan rings is 1. The summed E-state index contributed by atoms with van der Waals surface area (Å²) in [6, 6.07) is 7.61. The Labute approximate surface area is 155 Å². The molecule has 1 fully saturated rings. The summed E-state index contributed by atoms with van der Waals surface area (Å²) in [4.78, 5) is 26.6. The highest BCUT2D eigenvalue weighted by Gasteiger charge is 2.47. The van der Waals surface area contributed by atoms with Crippen molar-refractivity contribution in [3.63, 3.8) is 0 Å². The summed E-state index contributed by atoms with van der Waals surface area (Å²) in [5.41, 5.74) is 0.179. The lowest BCUT2D eigenvalue weighted by molar-refractivity contribution is -0.140. The highest BCUT2D eigenvalue weighted by Crippen LogP contribution is 2.40. The fraction of sp³-hybridized carbons (Fsp3) is 0.300. The summed E-state index contributed by atoms with van der Waals surface area (Å²) in [6.45, 7) is 2.44. The average Bonchev–Trinajstić information content (AvgIpc) is 3.18. The molecule has 0 aliphatic carbocycles. The van der Waals surface area contributed by atoms with Crippen molar-refractivity contribution in [2.75, 3.05) is 20.3 Å². The van der Waals surface area contributed by atoms with E-state index in [1.54, 1.807) is 26.2 Å². The summed E-state index contributed by atoms with van der Waals surface area (Å²) in [6.07, 6.45) is 0.524. The molecule has 0 saturated carbocycles. The molecule has 1 aromatic carbocycles. The van der Waals surface area contributed by atoms with Gasteiger partial charge in [0.1, 0.15) is 29.1 Å². The van der Waals surface area contributed by atoms with Crippen molar-refractivity contribution in [2.45, 2.75) is 19.4 Å².